The summed E-state index contributed by atoms with van der Waals surface area (Å²) in [5, 5.41) is 7.72. The van der Waals surface area contributed by atoms with Crippen LogP contribution >= 0.6 is 0 Å². The molecule has 0 saturated heterocycles. The van der Waals surface area contributed by atoms with Gasteiger partial charge in [-0.05, 0) is 19.1 Å². The molecule has 0 aliphatic carbocycles. The van der Waals surface area contributed by atoms with Crippen molar-refractivity contribution in [2.24, 2.45) is 0 Å². The van der Waals surface area contributed by atoms with Crippen LogP contribution in [0.4, 0.5) is 0 Å². The number of aromatic amines is 2. The number of ether oxygens (including phenoxy) is 1. The molecule has 19 heavy (non-hydrogen) atoms. The van der Waals surface area contributed by atoms with Gasteiger partial charge in [-0.3, -0.25) is 5.10 Å². The summed E-state index contributed by atoms with van der Waals surface area (Å²) in [6.07, 6.45) is 1.72. The zero-order valence-electron chi connectivity index (χ0n) is 10.4. The molecule has 0 amide bonds. The number of carbonyl (C=O) groups is 1. The lowest BCUT2D eigenvalue weighted by Gasteiger charge is -2.02. The maximum absolute atomic E-state index is 12.2. The summed E-state index contributed by atoms with van der Waals surface area (Å²) in [5.74, 6) is -0.335. The largest absolute Gasteiger partial charge is 0.462 e. The third-order valence-electron chi connectivity index (χ3n) is 2.94. The number of benzene rings is 1. The van der Waals surface area contributed by atoms with Gasteiger partial charge in [-0.1, -0.05) is 18.2 Å². The molecule has 0 atom stereocenters. The smallest absolute Gasteiger partial charge is 0.341 e. The highest BCUT2D eigenvalue weighted by molar-refractivity contribution is 6.09. The minimum Gasteiger partial charge on any atom is -0.462 e. The fraction of sp³-hybridized carbons (Fsp3) is 0.143. The molecule has 96 valence electrons. The molecule has 3 rings (SSSR count). The molecule has 0 radical (unpaired) electrons. The monoisotopic (exact) mass is 255 g/mol. The maximum atomic E-state index is 12.2. The molecule has 2 heterocycles. The summed E-state index contributed by atoms with van der Waals surface area (Å²) < 4.78 is 5.14. The Morgan fingerprint density at radius 1 is 1.32 bits per heavy atom. The van der Waals surface area contributed by atoms with Crippen molar-refractivity contribution in [1.82, 2.24) is 15.2 Å². The Balaban J connectivity index is 2.25. The quantitative estimate of drug-likeness (QED) is 0.707. The Labute approximate surface area is 109 Å². The first kappa shape index (κ1) is 11.5. The van der Waals surface area contributed by atoms with Crippen LogP contribution in [0.3, 0.4) is 0 Å². The van der Waals surface area contributed by atoms with Gasteiger partial charge in [-0.25, -0.2) is 4.79 Å². The van der Waals surface area contributed by atoms with Gasteiger partial charge in [-0.15, -0.1) is 0 Å². The Morgan fingerprint density at radius 2 is 2.16 bits per heavy atom. The lowest BCUT2D eigenvalue weighted by Crippen LogP contribution is -2.05. The lowest BCUT2D eigenvalue weighted by atomic mass is 10.1. The SMILES string of the molecule is CCOC(=O)c1c(-c2cc[nH]n2)[nH]c2ccccc12. The van der Waals surface area contributed by atoms with Crippen molar-refractivity contribution < 1.29 is 9.53 Å². The number of hydrogen-bond donors (Lipinski definition) is 2. The van der Waals surface area contributed by atoms with Crippen molar-refractivity contribution in [3.05, 3.63) is 42.1 Å². The van der Waals surface area contributed by atoms with E-state index in [9.17, 15) is 4.79 Å². The van der Waals surface area contributed by atoms with Gasteiger partial charge in [0.05, 0.1) is 17.9 Å². The van der Waals surface area contributed by atoms with E-state index in [1.54, 1.807) is 13.1 Å². The first-order valence-corrected chi connectivity index (χ1v) is 6.09. The fourth-order valence-corrected chi connectivity index (χ4v) is 2.15. The first-order valence-electron chi connectivity index (χ1n) is 6.09. The van der Waals surface area contributed by atoms with Crippen LogP contribution in [0.25, 0.3) is 22.3 Å². The second-order valence-corrected chi connectivity index (χ2v) is 4.10. The van der Waals surface area contributed by atoms with E-state index in [1.807, 2.05) is 30.3 Å². The molecule has 0 aliphatic rings. The van der Waals surface area contributed by atoms with Crippen molar-refractivity contribution in [3.63, 3.8) is 0 Å². The van der Waals surface area contributed by atoms with Crippen molar-refractivity contribution in [2.75, 3.05) is 6.61 Å². The summed E-state index contributed by atoms with van der Waals surface area (Å²) in [6.45, 7) is 2.14. The zero-order valence-corrected chi connectivity index (χ0v) is 10.4. The highest BCUT2D eigenvalue weighted by Crippen LogP contribution is 2.29. The van der Waals surface area contributed by atoms with Gasteiger partial charge in [0, 0.05) is 17.1 Å². The van der Waals surface area contributed by atoms with Gasteiger partial charge in [0.15, 0.2) is 0 Å². The number of nitrogens with zero attached hydrogens (tertiary/aromatic N) is 1. The van der Waals surface area contributed by atoms with Crippen molar-refractivity contribution >= 4 is 16.9 Å². The molecule has 2 aromatic heterocycles. The Kier molecular flexibility index (Phi) is 2.79. The number of H-pyrrole nitrogens is 2. The molecule has 0 bridgehead atoms. The van der Waals surface area contributed by atoms with Crippen LogP contribution in [0.15, 0.2) is 36.5 Å². The van der Waals surface area contributed by atoms with Crippen molar-refractivity contribution in [3.8, 4) is 11.4 Å². The molecular formula is C14H13N3O2. The number of esters is 1. The minimum atomic E-state index is -0.335. The molecule has 0 spiro atoms. The number of rotatable bonds is 3. The second-order valence-electron chi connectivity index (χ2n) is 4.10. The van der Waals surface area contributed by atoms with Crippen molar-refractivity contribution in [2.45, 2.75) is 6.92 Å². The number of hydrogen-bond acceptors (Lipinski definition) is 3. The summed E-state index contributed by atoms with van der Waals surface area (Å²) in [6, 6.07) is 9.45. The third-order valence-corrected chi connectivity index (χ3v) is 2.94. The zero-order chi connectivity index (χ0) is 13.2. The molecule has 1 aromatic carbocycles. The van der Waals surface area contributed by atoms with E-state index in [1.165, 1.54) is 0 Å². The Hall–Kier alpha value is -2.56. The van der Waals surface area contributed by atoms with E-state index in [0.29, 0.717) is 23.6 Å². The van der Waals surface area contributed by atoms with Gasteiger partial charge >= 0.3 is 5.97 Å². The Morgan fingerprint density at radius 3 is 2.89 bits per heavy atom. The van der Waals surface area contributed by atoms with Crippen LogP contribution in [-0.4, -0.2) is 27.8 Å². The average molecular weight is 255 g/mol. The van der Waals surface area contributed by atoms with Crippen molar-refractivity contribution in [1.29, 1.82) is 0 Å². The number of carbonyl (C=O) groups excluding carboxylic acids is 1. The van der Waals surface area contributed by atoms with E-state index in [-0.39, 0.29) is 5.97 Å². The molecule has 5 heteroatoms. The summed E-state index contributed by atoms with van der Waals surface area (Å²) in [5.41, 5.74) is 2.80. The predicted molar refractivity (Wildman–Crippen MR) is 71.8 cm³/mol. The predicted octanol–water partition coefficient (Wildman–Crippen LogP) is 2.73. The van der Waals surface area contributed by atoms with Crippen LogP contribution in [0, 0.1) is 0 Å². The first-order chi connectivity index (χ1) is 9.31. The maximum Gasteiger partial charge on any atom is 0.341 e. The van der Waals surface area contributed by atoms with E-state index in [4.69, 9.17) is 4.74 Å². The molecule has 5 nitrogen and oxygen atoms in total. The van der Waals surface area contributed by atoms with E-state index < -0.39 is 0 Å². The van der Waals surface area contributed by atoms with Crippen LogP contribution in [-0.2, 0) is 4.74 Å². The number of fused-ring (bicyclic) bond motifs is 1. The molecular weight excluding hydrogens is 242 g/mol. The molecule has 0 saturated carbocycles. The molecule has 3 aromatic rings. The van der Waals surface area contributed by atoms with E-state index >= 15 is 0 Å². The fourth-order valence-electron chi connectivity index (χ4n) is 2.15. The second kappa shape index (κ2) is 4.61. The summed E-state index contributed by atoms with van der Waals surface area (Å²) >= 11 is 0. The topological polar surface area (TPSA) is 70.8 Å². The van der Waals surface area contributed by atoms with E-state index in [2.05, 4.69) is 15.2 Å². The molecule has 2 N–H and O–H groups in total. The van der Waals surface area contributed by atoms with Gasteiger partial charge < -0.3 is 9.72 Å². The number of nitrogens with one attached hydrogen (secondary N) is 2. The average Bonchev–Trinajstić information content (AvgIpc) is 3.06. The van der Waals surface area contributed by atoms with Crippen LogP contribution in [0.2, 0.25) is 0 Å². The standard InChI is InChI=1S/C14H13N3O2/c1-2-19-14(18)12-9-5-3-4-6-10(9)16-13(12)11-7-8-15-17-11/h3-8,16H,2H2,1H3,(H,15,17). The Bertz CT molecular complexity index is 713. The number of para-hydroxylation sites is 1. The summed E-state index contributed by atoms with van der Waals surface area (Å²) in [7, 11) is 0. The van der Waals surface area contributed by atoms with Crippen LogP contribution in [0.1, 0.15) is 17.3 Å². The van der Waals surface area contributed by atoms with Gasteiger partial charge in [-0.2, -0.15) is 5.10 Å². The molecule has 0 aliphatic heterocycles. The van der Waals surface area contributed by atoms with Gasteiger partial charge in [0.25, 0.3) is 0 Å². The highest BCUT2D eigenvalue weighted by atomic mass is 16.5. The van der Waals surface area contributed by atoms with Crippen LogP contribution < -0.4 is 0 Å². The van der Waals surface area contributed by atoms with Gasteiger partial charge in [0.2, 0.25) is 0 Å². The molecule has 0 fully saturated rings. The van der Waals surface area contributed by atoms with E-state index in [0.717, 1.165) is 10.9 Å². The van der Waals surface area contributed by atoms with Crippen LogP contribution in [0.5, 0.6) is 0 Å². The minimum absolute atomic E-state index is 0.335. The lowest BCUT2D eigenvalue weighted by molar-refractivity contribution is 0.0529. The highest BCUT2D eigenvalue weighted by Gasteiger charge is 2.21. The third kappa shape index (κ3) is 1.89. The summed E-state index contributed by atoms with van der Waals surface area (Å²) in [4.78, 5) is 15.4. The normalized spacial score (nSPS) is 10.8. The molecule has 0 unspecified atom stereocenters. The number of aromatic nitrogens is 3. The van der Waals surface area contributed by atoms with Gasteiger partial charge in [0.1, 0.15) is 5.69 Å².